The van der Waals surface area contributed by atoms with Gasteiger partial charge >= 0.3 is 12.1 Å². The summed E-state index contributed by atoms with van der Waals surface area (Å²) in [6, 6.07) is 17.4. The third-order valence-electron chi connectivity index (χ3n) is 5.73. The van der Waals surface area contributed by atoms with E-state index in [-0.39, 0.29) is 32.6 Å². The molecule has 0 bridgehead atoms. The predicted octanol–water partition coefficient (Wildman–Crippen LogP) is 4.54. The van der Waals surface area contributed by atoms with Crippen LogP contribution in [0.5, 0.6) is 0 Å². The number of hydrogen-bond acceptors (Lipinski definition) is 8. The quantitative estimate of drug-likeness (QED) is 0.261. The molecule has 4 rings (SSSR count). The van der Waals surface area contributed by atoms with Crippen molar-refractivity contribution in [1.82, 2.24) is 25.5 Å². The third-order valence-corrected chi connectivity index (χ3v) is 6.44. The van der Waals surface area contributed by atoms with Crippen LogP contribution in [0.2, 0.25) is 10.0 Å². The molecule has 0 saturated heterocycles. The number of nitrogens with zero attached hydrogens (tertiary/aromatic N) is 4. The van der Waals surface area contributed by atoms with Gasteiger partial charge in [-0.05, 0) is 52.2 Å². The molecule has 0 saturated carbocycles. The lowest BCUT2D eigenvalue weighted by Gasteiger charge is -2.16. The minimum atomic E-state index is -1.22. The number of esters is 1. The van der Waals surface area contributed by atoms with Gasteiger partial charge in [-0.15, -0.1) is 10.2 Å². The maximum absolute atomic E-state index is 13.0. The first-order chi connectivity index (χ1) is 18.8. The summed E-state index contributed by atoms with van der Waals surface area (Å²) in [7, 11) is 0. The minimum Gasteiger partial charge on any atom is -0.466 e. The third kappa shape index (κ3) is 7.75. The SMILES string of the molecule is CCOC(=O)CC(NC(=O)OCc1ccc2ccccc2c1)C(=O)Cn1nnc(Cc2c(Cl)cccc2Cl)n1. The van der Waals surface area contributed by atoms with Crippen molar-refractivity contribution in [3.8, 4) is 0 Å². The van der Waals surface area contributed by atoms with Crippen molar-refractivity contribution in [2.45, 2.75) is 39.0 Å². The van der Waals surface area contributed by atoms with Crippen LogP contribution in [0, 0.1) is 0 Å². The largest absolute Gasteiger partial charge is 0.466 e. The Morgan fingerprint density at radius 1 is 0.974 bits per heavy atom. The molecule has 12 heteroatoms. The maximum Gasteiger partial charge on any atom is 0.408 e. The van der Waals surface area contributed by atoms with Crippen LogP contribution in [0.1, 0.15) is 30.3 Å². The molecule has 1 amide bonds. The highest BCUT2D eigenvalue weighted by Crippen LogP contribution is 2.25. The molecule has 1 aromatic heterocycles. The van der Waals surface area contributed by atoms with Gasteiger partial charge in [0.25, 0.3) is 0 Å². The summed E-state index contributed by atoms with van der Waals surface area (Å²) < 4.78 is 10.3. The van der Waals surface area contributed by atoms with Crippen molar-refractivity contribution >= 4 is 51.8 Å². The number of rotatable bonds is 11. The Morgan fingerprint density at radius 2 is 1.72 bits per heavy atom. The molecule has 0 radical (unpaired) electrons. The lowest BCUT2D eigenvalue weighted by molar-refractivity contribution is -0.145. The molecular formula is C27H25Cl2N5O5. The summed E-state index contributed by atoms with van der Waals surface area (Å²) in [4.78, 5) is 38.8. The lowest BCUT2D eigenvalue weighted by atomic mass is 10.1. The van der Waals surface area contributed by atoms with E-state index >= 15 is 0 Å². The molecule has 1 atom stereocenters. The number of carbonyl (C=O) groups excluding carboxylic acids is 3. The number of alkyl carbamates (subject to hydrolysis) is 1. The van der Waals surface area contributed by atoms with Crippen LogP contribution in [-0.4, -0.2) is 50.7 Å². The molecule has 4 aromatic rings. The Labute approximate surface area is 234 Å². The van der Waals surface area contributed by atoms with E-state index in [9.17, 15) is 14.4 Å². The number of benzene rings is 3. The normalized spacial score (nSPS) is 11.7. The molecule has 0 fully saturated rings. The Bertz CT molecular complexity index is 1470. The first-order valence-electron chi connectivity index (χ1n) is 12.1. The van der Waals surface area contributed by atoms with Crippen molar-refractivity contribution in [3.05, 3.63) is 87.7 Å². The number of hydrogen-bond donors (Lipinski definition) is 1. The van der Waals surface area contributed by atoms with E-state index in [0.717, 1.165) is 21.1 Å². The maximum atomic E-state index is 13.0. The highest BCUT2D eigenvalue weighted by molar-refractivity contribution is 6.36. The number of fused-ring (bicyclic) bond motifs is 1. The van der Waals surface area contributed by atoms with Crippen molar-refractivity contribution < 1.29 is 23.9 Å². The first kappa shape index (κ1) is 28.0. The van der Waals surface area contributed by atoms with Gasteiger partial charge in [0.1, 0.15) is 19.2 Å². The second kappa shape index (κ2) is 13.2. The van der Waals surface area contributed by atoms with Crippen LogP contribution < -0.4 is 5.32 Å². The number of Topliss-reactive ketones (excluding diaryl/α,β-unsaturated/α-hetero) is 1. The molecule has 0 aliphatic rings. The first-order valence-corrected chi connectivity index (χ1v) is 12.9. The Morgan fingerprint density at radius 3 is 2.46 bits per heavy atom. The molecule has 1 N–H and O–H groups in total. The van der Waals surface area contributed by atoms with Gasteiger partial charge < -0.3 is 14.8 Å². The van der Waals surface area contributed by atoms with Crippen molar-refractivity contribution in [2.24, 2.45) is 0 Å². The standard InChI is InChI=1S/C27H25Cl2N5O5/c1-2-38-26(36)14-23(30-27(37)39-16-17-10-11-18-6-3-4-7-19(18)12-17)24(35)15-34-32-25(31-33-34)13-20-21(28)8-5-9-22(20)29/h3-12,23H,2,13-16H2,1H3,(H,30,37). The van der Waals surface area contributed by atoms with E-state index in [4.69, 9.17) is 32.7 Å². The zero-order valence-corrected chi connectivity index (χ0v) is 22.5. The van der Waals surface area contributed by atoms with Gasteiger partial charge in [-0.1, -0.05) is 65.7 Å². The molecule has 0 aliphatic carbocycles. The average molecular weight is 570 g/mol. The average Bonchev–Trinajstić information content (AvgIpc) is 3.36. The van der Waals surface area contributed by atoms with Crippen LogP contribution >= 0.6 is 23.2 Å². The van der Waals surface area contributed by atoms with E-state index < -0.39 is 23.9 Å². The molecule has 1 unspecified atom stereocenters. The summed E-state index contributed by atoms with van der Waals surface area (Å²) >= 11 is 12.4. The molecule has 3 aromatic carbocycles. The fourth-order valence-corrected chi connectivity index (χ4v) is 4.35. The van der Waals surface area contributed by atoms with E-state index in [1.165, 1.54) is 0 Å². The summed E-state index contributed by atoms with van der Waals surface area (Å²) in [6.45, 7) is 1.41. The molecule has 0 spiro atoms. The second-order valence-electron chi connectivity index (χ2n) is 8.54. The van der Waals surface area contributed by atoms with Crippen molar-refractivity contribution in [3.63, 3.8) is 0 Å². The number of ether oxygens (including phenoxy) is 2. The lowest BCUT2D eigenvalue weighted by Crippen LogP contribution is -2.44. The molecule has 10 nitrogen and oxygen atoms in total. The Kier molecular flexibility index (Phi) is 9.45. The van der Waals surface area contributed by atoms with Crippen molar-refractivity contribution in [2.75, 3.05) is 6.61 Å². The van der Waals surface area contributed by atoms with Crippen LogP contribution in [-0.2, 0) is 38.6 Å². The molecule has 39 heavy (non-hydrogen) atoms. The van der Waals surface area contributed by atoms with Crippen LogP contribution in [0.3, 0.4) is 0 Å². The summed E-state index contributed by atoms with van der Waals surface area (Å²) in [6.07, 6.45) is -1.03. The van der Waals surface area contributed by atoms with Crippen LogP contribution in [0.15, 0.2) is 60.7 Å². The monoisotopic (exact) mass is 569 g/mol. The van der Waals surface area contributed by atoms with E-state index in [1.54, 1.807) is 25.1 Å². The Balaban J connectivity index is 1.39. The summed E-state index contributed by atoms with van der Waals surface area (Å²) in [5.74, 6) is -0.890. The number of amides is 1. The topological polar surface area (TPSA) is 125 Å². The smallest absolute Gasteiger partial charge is 0.408 e. The second-order valence-corrected chi connectivity index (χ2v) is 9.36. The zero-order chi connectivity index (χ0) is 27.8. The molecular weight excluding hydrogens is 545 g/mol. The number of nitrogens with one attached hydrogen (secondary N) is 1. The Hall–Kier alpha value is -4.02. The summed E-state index contributed by atoms with van der Waals surface area (Å²) in [5, 5.41) is 17.5. The number of carbonyl (C=O) groups is 3. The fourth-order valence-electron chi connectivity index (χ4n) is 3.82. The van der Waals surface area contributed by atoms with Gasteiger partial charge in [-0.3, -0.25) is 9.59 Å². The van der Waals surface area contributed by atoms with E-state index in [0.29, 0.717) is 21.4 Å². The predicted molar refractivity (Wildman–Crippen MR) is 144 cm³/mol. The van der Waals surface area contributed by atoms with Gasteiger partial charge in [-0.2, -0.15) is 4.80 Å². The minimum absolute atomic E-state index is 0.0183. The van der Waals surface area contributed by atoms with Gasteiger partial charge in [0.15, 0.2) is 11.6 Å². The van der Waals surface area contributed by atoms with Crippen molar-refractivity contribution in [1.29, 1.82) is 0 Å². The van der Waals surface area contributed by atoms with E-state index in [1.807, 2.05) is 42.5 Å². The summed E-state index contributed by atoms with van der Waals surface area (Å²) in [5.41, 5.74) is 1.40. The van der Waals surface area contributed by atoms with Crippen LogP contribution in [0.4, 0.5) is 4.79 Å². The number of tetrazole rings is 1. The zero-order valence-electron chi connectivity index (χ0n) is 21.0. The molecule has 1 heterocycles. The van der Waals surface area contributed by atoms with Gasteiger partial charge in [-0.25, -0.2) is 4.79 Å². The van der Waals surface area contributed by atoms with Gasteiger partial charge in [0, 0.05) is 16.5 Å². The van der Waals surface area contributed by atoms with Gasteiger partial charge in [0.05, 0.1) is 13.0 Å². The number of ketones is 1. The molecule has 0 aliphatic heterocycles. The van der Waals surface area contributed by atoms with Gasteiger partial charge in [0.2, 0.25) is 0 Å². The number of halogens is 2. The number of aromatic nitrogens is 4. The van der Waals surface area contributed by atoms with Crippen LogP contribution in [0.25, 0.3) is 10.8 Å². The fraction of sp³-hybridized carbons (Fsp3) is 0.259. The molecule has 202 valence electrons. The van der Waals surface area contributed by atoms with E-state index in [2.05, 4.69) is 20.7 Å². The highest BCUT2D eigenvalue weighted by Gasteiger charge is 2.26. The highest BCUT2D eigenvalue weighted by atomic mass is 35.5.